The van der Waals surface area contributed by atoms with Gasteiger partial charge in [-0.3, -0.25) is 0 Å². The zero-order valence-corrected chi connectivity index (χ0v) is 18.9. The molecule has 1 saturated carbocycles. The van der Waals surface area contributed by atoms with Gasteiger partial charge in [-0.1, -0.05) is 17.7 Å². The fraction of sp³-hybridized carbons (Fsp3) is 0.440. The minimum atomic E-state index is -0.617. The van der Waals surface area contributed by atoms with E-state index in [1.165, 1.54) is 0 Å². The van der Waals surface area contributed by atoms with E-state index in [1.54, 1.807) is 6.07 Å². The van der Waals surface area contributed by atoms with Crippen LogP contribution in [0.4, 0.5) is 0 Å². The first kappa shape index (κ1) is 21.1. The molecule has 6 nitrogen and oxygen atoms in total. The molecule has 0 aromatic heterocycles. The number of hydrogen-bond donors (Lipinski definition) is 1. The molecule has 2 aliphatic heterocycles. The Labute approximate surface area is 192 Å². The molecular formula is C25H26ClN3O3. The average molecular weight is 452 g/mol. The van der Waals surface area contributed by atoms with E-state index in [0.29, 0.717) is 17.2 Å². The molecule has 0 saturated heterocycles. The van der Waals surface area contributed by atoms with E-state index in [1.807, 2.05) is 24.3 Å². The molecule has 1 aliphatic carbocycles. The molecule has 32 heavy (non-hydrogen) atoms. The van der Waals surface area contributed by atoms with E-state index in [9.17, 15) is 5.26 Å². The molecule has 0 amide bonds. The van der Waals surface area contributed by atoms with Crippen molar-refractivity contribution in [1.82, 2.24) is 0 Å². The number of nitrogens with zero attached hydrogens (tertiary/aromatic N) is 2. The molecule has 2 aromatic carbocycles. The fourth-order valence-electron chi connectivity index (χ4n) is 5.36. The van der Waals surface area contributed by atoms with Gasteiger partial charge in [-0.2, -0.15) is 5.26 Å². The van der Waals surface area contributed by atoms with Crippen molar-refractivity contribution in [1.29, 1.82) is 5.26 Å². The van der Waals surface area contributed by atoms with Gasteiger partial charge in [0, 0.05) is 16.5 Å². The van der Waals surface area contributed by atoms with Crippen molar-refractivity contribution in [2.24, 2.45) is 16.6 Å². The molecule has 1 spiro atoms. The quantitative estimate of drug-likeness (QED) is 0.725. The van der Waals surface area contributed by atoms with Crippen molar-refractivity contribution in [2.75, 3.05) is 6.61 Å². The Morgan fingerprint density at radius 3 is 2.78 bits per heavy atom. The zero-order valence-electron chi connectivity index (χ0n) is 18.2. The second-order valence-corrected chi connectivity index (χ2v) is 9.53. The molecule has 5 rings (SSSR count). The van der Waals surface area contributed by atoms with Gasteiger partial charge >= 0.3 is 0 Å². The van der Waals surface area contributed by atoms with Crippen LogP contribution in [0.5, 0.6) is 5.75 Å². The van der Waals surface area contributed by atoms with E-state index in [2.05, 4.69) is 26.0 Å². The average Bonchev–Trinajstić information content (AvgIpc) is 3.15. The van der Waals surface area contributed by atoms with E-state index in [-0.39, 0.29) is 30.3 Å². The van der Waals surface area contributed by atoms with Crippen molar-refractivity contribution < 1.29 is 14.2 Å². The van der Waals surface area contributed by atoms with Crippen LogP contribution in [0.3, 0.4) is 0 Å². The van der Waals surface area contributed by atoms with Gasteiger partial charge in [0.2, 0.25) is 0 Å². The second-order valence-electron chi connectivity index (χ2n) is 9.10. The first-order valence-electron chi connectivity index (χ1n) is 11.0. The highest BCUT2D eigenvalue weighted by Gasteiger charge is 2.55. The van der Waals surface area contributed by atoms with Crippen LogP contribution in [0.1, 0.15) is 44.2 Å². The van der Waals surface area contributed by atoms with Crippen molar-refractivity contribution in [3.05, 3.63) is 52.5 Å². The normalized spacial score (nSPS) is 28.3. The van der Waals surface area contributed by atoms with Crippen molar-refractivity contribution >= 4 is 17.6 Å². The van der Waals surface area contributed by atoms with E-state index in [0.717, 1.165) is 41.7 Å². The number of nitrogens with two attached hydrogens (primary N) is 1. The Balaban J connectivity index is 1.60. The number of fused-ring (bicyclic) bond motifs is 4. The largest absolute Gasteiger partial charge is 0.490 e. The summed E-state index contributed by atoms with van der Waals surface area (Å²) in [6.07, 6.45) is 3.06. The molecule has 3 aliphatic rings. The lowest BCUT2D eigenvalue weighted by Crippen LogP contribution is -2.52. The predicted molar refractivity (Wildman–Crippen MR) is 123 cm³/mol. The van der Waals surface area contributed by atoms with Gasteiger partial charge in [-0.05, 0) is 74.6 Å². The summed E-state index contributed by atoms with van der Waals surface area (Å²) in [6, 6.07) is 13.8. The maximum Gasteiger partial charge on any atom is 0.283 e. The summed E-state index contributed by atoms with van der Waals surface area (Å²) in [4.78, 5) is 4.86. The number of nitriles is 1. The van der Waals surface area contributed by atoms with Crippen LogP contribution in [-0.4, -0.2) is 30.9 Å². The summed E-state index contributed by atoms with van der Waals surface area (Å²) in [7, 11) is 0. The number of ether oxygens (including phenoxy) is 3. The lowest BCUT2D eigenvalue weighted by molar-refractivity contribution is -0.0791. The summed E-state index contributed by atoms with van der Waals surface area (Å²) in [5.41, 5.74) is 8.71. The third-order valence-electron chi connectivity index (χ3n) is 6.65. The summed E-state index contributed by atoms with van der Waals surface area (Å²) in [5, 5.41) is 9.87. The smallest absolute Gasteiger partial charge is 0.283 e. The van der Waals surface area contributed by atoms with Crippen LogP contribution >= 0.6 is 11.6 Å². The monoisotopic (exact) mass is 451 g/mol. The number of amidine groups is 1. The fourth-order valence-corrected chi connectivity index (χ4v) is 5.60. The van der Waals surface area contributed by atoms with Crippen molar-refractivity contribution in [3.63, 3.8) is 0 Å². The highest BCUT2D eigenvalue weighted by molar-refractivity contribution is 6.31. The zero-order chi connectivity index (χ0) is 22.5. The van der Waals surface area contributed by atoms with E-state index >= 15 is 0 Å². The van der Waals surface area contributed by atoms with Crippen LogP contribution in [0.15, 0.2) is 41.4 Å². The van der Waals surface area contributed by atoms with Gasteiger partial charge in [-0.15, -0.1) is 0 Å². The number of benzene rings is 2. The van der Waals surface area contributed by atoms with E-state index in [4.69, 9.17) is 36.5 Å². The first-order chi connectivity index (χ1) is 15.4. The standard InChI is InChI=1S/C25H26ClN3O3/c1-14(2)31-19-4-6-23-21(11-19)25(13-30-24(28)29-25)20-10-16(3-5-22(20)32-23)17-7-15(12-27)8-18(26)9-17/h3,5,7-10,14,19,21,23H,4,6,11,13H2,1-2H3,(H2,28,29)/t19?,21-,23?,25-/m0/s1. The van der Waals surface area contributed by atoms with Gasteiger partial charge in [-0.25, -0.2) is 4.99 Å². The van der Waals surface area contributed by atoms with Crippen LogP contribution in [0.25, 0.3) is 11.1 Å². The first-order valence-corrected chi connectivity index (χ1v) is 11.4. The molecule has 0 radical (unpaired) electrons. The Morgan fingerprint density at radius 2 is 2.06 bits per heavy atom. The van der Waals surface area contributed by atoms with Crippen LogP contribution in [0.2, 0.25) is 5.02 Å². The number of halogens is 1. The van der Waals surface area contributed by atoms with E-state index < -0.39 is 5.54 Å². The minimum absolute atomic E-state index is 0.0370. The molecule has 2 N–H and O–H groups in total. The SMILES string of the molecule is CC(C)OC1CCC2Oc3ccc(-c4cc(Cl)cc(C#N)c4)cc3[C@@]3(COC(N)=N3)[C@H]2C1. The summed E-state index contributed by atoms with van der Waals surface area (Å²) in [5.74, 6) is 0.903. The summed E-state index contributed by atoms with van der Waals surface area (Å²) in [6.45, 7) is 4.51. The van der Waals surface area contributed by atoms with Gasteiger partial charge in [0.05, 0.1) is 23.8 Å². The van der Waals surface area contributed by atoms with Gasteiger partial charge in [0.1, 0.15) is 24.0 Å². The van der Waals surface area contributed by atoms with Crippen LogP contribution in [0, 0.1) is 17.2 Å². The highest BCUT2D eigenvalue weighted by atomic mass is 35.5. The number of rotatable bonds is 3. The third kappa shape index (κ3) is 3.60. The summed E-state index contributed by atoms with van der Waals surface area (Å²) < 4.78 is 18.4. The molecule has 0 bridgehead atoms. The Hall–Kier alpha value is -2.75. The van der Waals surface area contributed by atoms with Crippen LogP contribution < -0.4 is 10.5 Å². The van der Waals surface area contributed by atoms with Crippen LogP contribution in [-0.2, 0) is 15.0 Å². The maximum absolute atomic E-state index is 9.35. The number of aliphatic imine (C=N–C) groups is 1. The van der Waals surface area contributed by atoms with Gasteiger partial charge in [0.15, 0.2) is 0 Å². The topological polar surface area (TPSA) is 89.9 Å². The highest BCUT2D eigenvalue weighted by Crippen LogP contribution is 2.53. The minimum Gasteiger partial charge on any atom is -0.490 e. The molecule has 1 fully saturated rings. The Morgan fingerprint density at radius 1 is 1.22 bits per heavy atom. The maximum atomic E-state index is 9.35. The molecule has 2 unspecified atom stereocenters. The molecule has 4 atom stereocenters. The molecule has 2 heterocycles. The predicted octanol–water partition coefficient (Wildman–Crippen LogP) is 4.77. The Bertz CT molecular complexity index is 1130. The molecule has 2 aromatic rings. The lowest BCUT2D eigenvalue weighted by atomic mass is 9.67. The molecule has 166 valence electrons. The molecule has 7 heteroatoms. The van der Waals surface area contributed by atoms with Gasteiger partial charge < -0.3 is 19.9 Å². The van der Waals surface area contributed by atoms with Crippen molar-refractivity contribution in [2.45, 2.75) is 57.0 Å². The second kappa shape index (κ2) is 7.99. The lowest BCUT2D eigenvalue weighted by Gasteiger charge is -2.48. The number of hydrogen-bond acceptors (Lipinski definition) is 6. The Kier molecular flexibility index (Phi) is 5.27. The van der Waals surface area contributed by atoms with Crippen molar-refractivity contribution in [3.8, 4) is 22.9 Å². The van der Waals surface area contributed by atoms with Gasteiger partial charge in [0.25, 0.3) is 6.02 Å². The molecular weight excluding hydrogens is 426 g/mol. The third-order valence-corrected chi connectivity index (χ3v) is 6.87. The summed E-state index contributed by atoms with van der Waals surface area (Å²) >= 11 is 6.26.